The van der Waals surface area contributed by atoms with Gasteiger partial charge in [-0.1, -0.05) is 25.7 Å². The van der Waals surface area contributed by atoms with Crippen molar-refractivity contribution in [3.8, 4) is 0 Å². The molecule has 1 unspecified atom stereocenters. The van der Waals surface area contributed by atoms with Crippen LogP contribution in [0, 0.1) is 0 Å². The number of carbonyl (C=O) groups is 6. The van der Waals surface area contributed by atoms with Crippen molar-refractivity contribution in [2.75, 3.05) is 30.3 Å². The number of piperidine rings is 1. The van der Waals surface area contributed by atoms with Crippen LogP contribution >= 0.6 is 0 Å². The summed E-state index contributed by atoms with van der Waals surface area (Å²) in [5.41, 5.74) is 4.61. The molecule has 5 N–H and O–H groups in total. The molecule has 4 heterocycles. The SMILES string of the molecule is C[C@H]1CCCN1Cc1nc2ccc(NC(=O)c3ccc(C(=O)NCCCCCCCCNc4ccc5c(c4)C(=O)N(C4CCC(=O)NC4=O)C5=O)cc3)cc2[nH]1. The van der Waals surface area contributed by atoms with Crippen molar-refractivity contribution in [3.63, 3.8) is 0 Å². The predicted octanol–water partition coefficient (Wildman–Crippen LogP) is 5.38. The quantitative estimate of drug-likeness (QED) is 0.0739. The fraction of sp³-hybridized carbons (Fsp3) is 0.405. The standard InChI is InChI=1S/C42H48N8O6/c1-26-9-8-22-49(26)25-36-46-33-17-15-30(24-34(33)47-36)45-39(53)28-12-10-27(11-13-28)38(52)44-21-7-5-3-2-4-6-20-43-29-14-16-31-32(23-29)42(56)50(41(31)55)35-18-19-37(51)48-40(35)54/h10-17,23-24,26,35,43H,2-9,18-22,25H2,1H3,(H,44,52)(H,45,53)(H,46,47)(H,48,51,54)/t26-,35?/m0/s1. The smallest absolute Gasteiger partial charge is 0.262 e. The lowest BCUT2D eigenvalue weighted by Crippen LogP contribution is -2.54. The first-order chi connectivity index (χ1) is 27.1. The number of nitrogens with one attached hydrogen (secondary N) is 5. The number of aromatic amines is 1. The number of imide groups is 2. The van der Waals surface area contributed by atoms with Crippen LogP contribution in [-0.4, -0.2) is 86.9 Å². The van der Waals surface area contributed by atoms with E-state index in [1.807, 2.05) is 18.2 Å². The third kappa shape index (κ3) is 8.81. The first kappa shape index (κ1) is 38.4. The van der Waals surface area contributed by atoms with E-state index in [4.69, 9.17) is 4.98 Å². The number of hydrogen-bond acceptors (Lipinski definition) is 9. The molecule has 3 aromatic carbocycles. The number of anilines is 2. The molecule has 0 radical (unpaired) electrons. The Kier molecular flexibility index (Phi) is 11.8. The van der Waals surface area contributed by atoms with E-state index < -0.39 is 29.7 Å². The molecule has 56 heavy (non-hydrogen) atoms. The van der Waals surface area contributed by atoms with E-state index in [-0.39, 0.29) is 35.8 Å². The van der Waals surface area contributed by atoms with Crippen LogP contribution in [0.2, 0.25) is 0 Å². The largest absolute Gasteiger partial charge is 0.385 e. The summed E-state index contributed by atoms with van der Waals surface area (Å²) in [6.45, 7) is 5.39. The third-order valence-electron chi connectivity index (χ3n) is 10.9. The molecule has 0 saturated carbocycles. The first-order valence-corrected chi connectivity index (χ1v) is 19.7. The molecule has 7 rings (SSSR count). The van der Waals surface area contributed by atoms with Crippen molar-refractivity contribution in [2.45, 2.75) is 89.8 Å². The minimum atomic E-state index is -0.981. The summed E-state index contributed by atoms with van der Waals surface area (Å²) in [6.07, 6.45) is 8.51. The van der Waals surface area contributed by atoms with E-state index in [0.717, 1.165) is 79.1 Å². The molecule has 6 amide bonds. The molecular weight excluding hydrogens is 713 g/mol. The summed E-state index contributed by atoms with van der Waals surface area (Å²) in [4.78, 5) is 86.9. The maximum Gasteiger partial charge on any atom is 0.262 e. The van der Waals surface area contributed by atoms with Gasteiger partial charge in [0.1, 0.15) is 11.9 Å². The van der Waals surface area contributed by atoms with Crippen molar-refractivity contribution in [1.82, 2.24) is 30.4 Å². The minimum Gasteiger partial charge on any atom is -0.385 e. The zero-order valence-electron chi connectivity index (χ0n) is 31.6. The predicted molar refractivity (Wildman–Crippen MR) is 211 cm³/mol. The summed E-state index contributed by atoms with van der Waals surface area (Å²) in [5.74, 6) is -1.57. The lowest BCUT2D eigenvalue weighted by molar-refractivity contribution is -0.136. The number of amides is 6. The summed E-state index contributed by atoms with van der Waals surface area (Å²) >= 11 is 0. The van der Waals surface area contributed by atoms with Crippen molar-refractivity contribution in [3.05, 3.63) is 88.7 Å². The van der Waals surface area contributed by atoms with Gasteiger partial charge in [-0.3, -0.25) is 43.9 Å². The van der Waals surface area contributed by atoms with Crippen LogP contribution in [0.4, 0.5) is 11.4 Å². The minimum absolute atomic E-state index is 0.0821. The highest BCUT2D eigenvalue weighted by Gasteiger charge is 2.44. The van der Waals surface area contributed by atoms with E-state index in [1.165, 1.54) is 12.8 Å². The van der Waals surface area contributed by atoms with Gasteiger partial charge in [0.25, 0.3) is 23.6 Å². The normalized spacial score (nSPS) is 18.3. The molecule has 2 atom stereocenters. The molecule has 14 nitrogen and oxygen atoms in total. The number of nitrogens with zero attached hydrogens (tertiary/aromatic N) is 3. The van der Waals surface area contributed by atoms with E-state index in [1.54, 1.807) is 42.5 Å². The second-order valence-electron chi connectivity index (χ2n) is 14.9. The van der Waals surface area contributed by atoms with Crippen molar-refractivity contribution >= 4 is 57.9 Å². The van der Waals surface area contributed by atoms with Crippen LogP contribution in [0.5, 0.6) is 0 Å². The number of benzene rings is 3. The van der Waals surface area contributed by atoms with Gasteiger partial charge in [-0.15, -0.1) is 0 Å². The molecule has 14 heteroatoms. The summed E-state index contributed by atoms with van der Waals surface area (Å²) in [5, 5.41) is 11.4. The molecule has 3 aliphatic heterocycles. The van der Waals surface area contributed by atoms with Gasteiger partial charge in [0, 0.05) is 48.1 Å². The van der Waals surface area contributed by atoms with E-state index in [9.17, 15) is 28.8 Å². The third-order valence-corrected chi connectivity index (χ3v) is 10.9. The van der Waals surface area contributed by atoms with Gasteiger partial charge in [-0.25, -0.2) is 4.98 Å². The maximum absolute atomic E-state index is 13.0. The van der Waals surface area contributed by atoms with Crippen LogP contribution in [0.25, 0.3) is 11.0 Å². The zero-order chi connectivity index (χ0) is 39.2. The fourth-order valence-corrected chi connectivity index (χ4v) is 7.69. The Morgan fingerprint density at radius 3 is 2.21 bits per heavy atom. The molecule has 0 bridgehead atoms. The van der Waals surface area contributed by atoms with Gasteiger partial charge in [0.2, 0.25) is 11.8 Å². The number of likely N-dealkylation sites (tertiary alicyclic amines) is 1. The van der Waals surface area contributed by atoms with Gasteiger partial charge in [-0.2, -0.15) is 0 Å². The highest BCUT2D eigenvalue weighted by molar-refractivity contribution is 6.23. The number of hydrogen-bond donors (Lipinski definition) is 5. The van der Waals surface area contributed by atoms with Crippen LogP contribution in [0.3, 0.4) is 0 Å². The molecule has 0 spiro atoms. The number of rotatable bonds is 16. The molecule has 2 saturated heterocycles. The highest BCUT2D eigenvalue weighted by Crippen LogP contribution is 2.30. The second-order valence-corrected chi connectivity index (χ2v) is 14.9. The number of H-pyrrole nitrogens is 1. The lowest BCUT2D eigenvalue weighted by atomic mass is 10.0. The first-order valence-electron chi connectivity index (χ1n) is 19.7. The van der Waals surface area contributed by atoms with E-state index >= 15 is 0 Å². The van der Waals surface area contributed by atoms with Gasteiger partial charge >= 0.3 is 0 Å². The monoisotopic (exact) mass is 760 g/mol. The average Bonchev–Trinajstić information content (AvgIpc) is 3.86. The Morgan fingerprint density at radius 2 is 1.48 bits per heavy atom. The molecule has 4 aromatic rings. The Bertz CT molecular complexity index is 2150. The number of carbonyl (C=O) groups excluding carboxylic acids is 6. The Morgan fingerprint density at radius 1 is 0.786 bits per heavy atom. The van der Waals surface area contributed by atoms with Gasteiger partial charge in [0.05, 0.1) is 28.7 Å². The summed E-state index contributed by atoms with van der Waals surface area (Å²) < 4.78 is 0. The Labute approximate surface area is 325 Å². The van der Waals surface area contributed by atoms with Crippen LogP contribution in [-0.2, 0) is 16.1 Å². The van der Waals surface area contributed by atoms with Gasteiger partial charge in [0.15, 0.2) is 0 Å². The molecular formula is C42H48N8O6. The van der Waals surface area contributed by atoms with Crippen molar-refractivity contribution in [2.24, 2.45) is 0 Å². The maximum atomic E-state index is 13.0. The molecule has 1 aromatic heterocycles. The Balaban J connectivity index is 0.760. The summed E-state index contributed by atoms with van der Waals surface area (Å²) in [7, 11) is 0. The fourth-order valence-electron chi connectivity index (χ4n) is 7.69. The Hall–Kier alpha value is -5.89. The number of fused-ring (bicyclic) bond motifs is 2. The van der Waals surface area contributed by atoms with Crippen LogP contribution < -0.4 is 21.3 Å². The highest BCUT2D eigenvalue weighted by atomic mass is 16.2. The zero-order valence-corrected chi connectivity index (χ0v) is 31.6. The van der Waals surface area contributed by atoms with Gasteiger partial charge < -0.3 is 20.9 Å². The lowest BCUT2D eigenvalue weighted by Gasteiger charge is -2.27. The van der Waals surface area contributed by atoms with E-state index in [0.29, 0.717) is 35.9 Å². The molecule has 3 aliphatic rings. The van der Waals surface area contributed by atoms with Crippen LogP contribution in [0.1, 0.15) is 118 Å². The topological polar surface area (TPSA) is 186 Å². The van der Waals surface area contributed by atoms with Crippen molar-refractivity contribution < 1.29 is 28.8 Å². The average molecular weight is 761 g/mol. The molecule has 0 aliphatic carbocycles. The number of unbranched alkanes of at least 4 members (excludes halogenated alkanes) is 5. The number of aromatic nitrogens is 2. The molecule has 292 valence electrons. The summed E-state index contributed by atoms with van der Waals surface area (Å²) in [6, 6.07) is 16.9. The van der Waals surface area contributed by atoms with Gasteiger partial charge in [-0.05, 0) is 106 Å². The second kappa shape index (κ2) is 17.3. The van der Waals surface area contributed by atoms with Crippen LogP contribution in [0.15, 0.2) is 60.7 Å². The van der Waals surface area contributed by atoms with E-state index in [2.05, 4.69) is 38.1 Å². The number of imidazole rings is 1. The molecule has 2 fully saturated rings. The van der Waals surface area contributed by atoms with Crippen molar-refractivity contribution in [1.29, 1.82) is 0 Å².